The molecular formula is C25H27FN6O2. The molecule has 1 saturated heterocycles. The van der Waals surface area contributed by atoms with Crippen molar-refractivity contribution in [2.75, 3.05) is 13.2 Å². The highest BCUT2D eigenvalue weighted by atomic mass is 19.1. The second-order valence-electron chi connectivity index (χ2n) is 8.78. The van der Waals surface area contributed by atoms with Gasteiger partial charge in [0, 0.05) is 41.9 Å². The Morgan fingerprint density at radius 2 is 1.85 bits per heavy atom. The van der Waals surface area contributed by atoms with Gasteiger partial charge in [-0.1, -0.05) is 6.92 Å². The summed E-state index contributed by atoms with van der Waals surface area (Å²) < 4.78 is 22.3. The molecule has 0 aliphatic carbocycles. The zero-order valence-electron chi connectivity index (χ0n) is 19.7. The van der Waals surface area contributed by atoms with Crippen LogP contribution in [-0.2, 0) is 30.2 Å². The van der Waals surface area contributed by atoms with E-state index in [-0.39, 0.29) is 19.0 Å². The van der Waals surface area contributed by atoms with Gasteiger partial charge in [-0.25, -0.2) is 19.0 Å². The first-order valence-electron chi connectivity index (χ1n) is 11.3. The van der Waals surface area contributed by atoms with E-state index in [4.69, 9.17) is 9.84 Å². The Labute approximate surface area is 197 Å². The SMILES string of the molecule is CCc1c(Cc2cc(-n3nc(C)c(C4(O)COC4)c3C)ncn2)nn(C)c1-c1ccc(F)cc1. The molecule has 1 N–H and O–H groups in total. The highest BCUT2D eigenvalue weighted by Crippen LogP contribution is 2.34. The fraction of sp³-hybridized carbons (Fsp3) is 0.360. The molecule has 34 heavy (non-hydrogen) atoms. The van der Waals surface area contributed by atoms with Crippen molar-refractivity contribution in [3.63, 3.8) is 0 Å². The van der Waals surface area contributed by atoms with E-state index in [2.05, 4.69) is 22.0 Å². The molecule has 0 atom stereocenters. The molecule has 0 saturated carbocycles. The van der Waals surface area contributed by atoms with Gasteiger partial charge in [0.25, 0.3) is 0 Å². The van der Waals surface area contributed by atoms with Crippen LogP contribution in [0.15, 0.2) is 36.7 Å². The van der Waals surface area contributed by atoms with Crippen LogP contribution in [0.25, 0.3) is 17.1 Å². The molecule has 9 heteroatoms. The molecular weight excluding hydrogens is 435 g/mol. The average Bonchev–Trinajstić information content (AvgIpc) is 3.27. The minimum Gasteiger partial charge on any atom is -0.380 e. The van der Waals surface area contributed by atoms with Crippen LogP contribution in [-0.4, -0.2) is 47.8 Å². The normalized spacial score (nSPS) is 14.9. The maximum atomic E-state index is 13.4. The summed E-state index contributed by atoms with van der Waals surface area (Å²) in [5.41, 5.74) is 6.12. The van der Waals surface area contributed by atoms with Gasteiger partial charge in [-0.2, -0.15) is 10.2 Å². The third-order valence-electron chi connectivity index (χ3n) is 6.41. The average molecular weight is 463 g/mol. The zero-order chi connectivity index (χ0) is 24.0. The topological polar surface area (TPSA) is 90.9 Å². The lowest BCUT2D eigenvalue weighted by atomic mass is 9.90. The minimum absolute atomic E-state index is 0.262. The summed E-state index contributed by atoms with van der Waals surface area (Å²) in [6.45, 7) is 6.44. The molecule has 0 unspecified atom stereocenters. The number of nitrogens with zero attached hydrogens (tertiary/aromatic N) is 6. The van der Waals surface area contributed by atoms with Gasteiger partial charge in [0.05, 0.1) is 36.0 Å². The molecule has 1 aliphatic heterocycles. The first kappa shape index (κ1) is 22.4. The molecule has 3 aromatic heterocycles. The predicted molar refractivity (Wildman–Crippen MR) is 124 cm³/mol. The Balaban J connectivity index is 1.49. The van der Waals surface area contributed by atoms with Gasteiger partial charge in [-0.3, -0.25) is 4.68 Å². The van der Waals surface area contributed by atoms with Crippen molar-refractivity contribution in [2.24, 2.45) is 7.05 Å². The highest BCUT2D eigenvalue weighted by molar-refractivity contribution is 5.65. The van der Waals surface area contributed by atoms with Gasteiger partial charge in [-0.05, 0) is 44.5 Å². The van der Waals surface area contributed by atoms with Gasteiger partial charge in [0.15, 0.2) is 5.82 Å². The second kappa shape index (κ2) is 8.41. The molecule has 0 bridgehead atoms. The van der Waals surface area contributed by atoms with Crippen LogP contribution >= 0.6 is 0 Å². The second-order valence-corrected chi connectivity index (χ2v) is 8.78. The van der Waals surface area contributed by atoms with E-state index in [0.717, 1.165) is 51.6 Å². The molecule has 1 aliphatic rings. The Morgan fingerprint density at radius 1 is 1.12 bits per heavy atom. The zero-order valence-corrected chi connectivity index (χ0v) is 19.7. The van der Waals surface area contributed by atoms with Crippen LogP contribution in [0.5, 0.6) is 0 Å². The van der Waals surface area contributed by atoms with Gasteiger partial charge in [-0.15, -0.1) is 0 Å². The first-order chi connectivity index (χ1) is 16.3. The maximum absolute atomic E-state index is 13.4. The largest absolute Gasteiger partial charge is 0.380 e. The number of rotatable bonds is 6. The molecule has 176 valence electrons. The Bertz CT molecular complexity index is 1350. The molecule has 1 fully saturated rings. The molecule has 1 aromatic carbocycles. The lowest BCUT2D eigenvalue weighted by Gasteiger charge is -2.36. The number of ether oxygens (including phenoxy) is 1. The predicted octanol–water partition coefficient (Wildman–Crippen LogP) is 3.19. The summed E-state index contributed by atoms with van der Waals surface area (Å²) in [4.78, 5) is 8.90. The van der Waals surface area contributed by atoms with Crippen molar-refractivity contribution in [3.05, 3.63) is 76.4 Å². The number of aliphatic hydroxyl groups is 1. The molecule has 4 aromatic rings. The van der Waals surface area contributed by atoms with E-state index >= 15 is 0 Å². The Morgan fingerprint density at radius 3 is 2.50 bits per heavy atom. The summed E-state index contributed by atoms with van der Waals surface area (Å²) in [6.07, 6.45) is 2.84. The molecule has 0 spiro atoms. The lowest BCUT2D eigenvalue weighted by molar-refractivity contribution is -0.185. The number of halogens is 1. The number of hydrogen-bond acceptors (Lipinski definition) is 6. The monoisotopic (exact) mass is 462 g/mol. The fourth-order valence-corrected chi connectivity index (χ4v) is 4.85. The Kier molecular flexibility index (Phi) is 5.53. The van der Waals surface area contributed by atoms with Gasteiger partial charge < -0.3 is 9.84 Å². The minimum atomic E-state index is -0.997. The van der Waals surface area contributed by atoms with Crippen LogP contribution in [0.1, 0.15) is 40.8 Å². The van der Waals surface area contributed by atoms with E-state index in [9.17, 15) is 9.50 Å². The Hall–Kier alpha value is -3.43. The van der Waals surface area contributed by atoms with Crippen molar-refractivity contribution >= 4 is 0 Å². The van der Waals surface area contributed by atoms with E-state index in [1.807, 2.05) is 31.6 Å². The summed E-state index contributed by atoms with van der Waals surface area (Å²) in [5, 5.41) is 20.2. The van der Waals surface area contributed by atoms with E-state index < -0.39 is 5.60 Å². The van der Waals surface area contributed by atoms with Gasteiger partial charge in [0.2, 0.25) is 0 Å². The van der Waals surface area contributed by atoms with E-state index in [1.165, 1.54) is 18.5 Å². The number of aryl methyl sites for hydroxylation is 2. The standard InChI is InChI=1S/C25H27FN6O2/c1-5-20-21(30-31(4)24(20)17-6-8-18(26)9-7-17)10-19-11-22(28-14-27-19)32-16(3)23(15(2)29-32)25(33)12-34-13-25/h6-9,11,14,33H,5,10,12-13H2,1-4H3. The van der Waals surface area contributed by atoms with Crippen molar-refractivity contribution in [2.45, 2.75) is 39.2 Å². The van der Waals surface area contributed by atoms with E-state index in [1.54, 1.807) is 16.8 Å². The number of aromatic nitrogens is 6. The van der Waals surface area contributed by atoms with E-state index in [0.29, 0.717) is 12.2 Å². The number of hydrogen-bond donors (Lipinski definition) is 1. The summed E-state index contributed by atoms with van der Waals surface area (Å²) in [6, 6.07) is 8.38. The quantitative estimate of drug-likeness (QED) is 0.473. The molecule has 4 heterocycles. The van der Waals surface area contributed by atoms with Gasteiger partial charge >= 0.3 is 0 Å². The summed E-state index contributed by atoms with van der Waals surface area (Å²) in [5.74, 6) is 0.371. The van der Waals surface area contributed by atoms with Gasteiger partial charge in [0.1, 0.15) is 17.7 Å². The van der Waals surface area contributed by atoms with Crippen molar-refractivity contribution < 1.29 is 14.2 Å². The van der Waals surface area contributed by atoms with Crippen LogP contribution in [0.2, 0.25) is 0 Å². The molecule has 8 nitrogen and oxygen atoms in total. The van der Waals surface area contributed by atoms with Crippen LogP contribution in [0, 0.1) is 19.7 Å². The summed E-state index contributed by atoms with van der Waals surface area (Å²) >= 11 is 0. The molecule has 5 rings (SSSR count). The lowest BCUT2D eigenvalue weighted by Crippen LogP contribution is -2.47. The van der Waals surface area contributed by atoms with Crippen LogP contribution in [0.3, 0.4) is 0 Å². The van der Waals surface area contributed by atoms with Crippen LogP contribution < -0.4 is 0 Å². The molecule has 0 amide bonds. The maximum Gasteiger partial charge on any atom is 0.157 e. The highest BCUT2D eigenvalue weighted by Gasteiger charge is 2.42. The van der Waals surface area contributed by atoms with Crippen molar-refractivity contribution in [1.82, 2.24) is 29.5 Å². The smallest absolute Gasteiger partial charge is 0.157 e. The summed E-state index contributed by atoms with van der Waals surface area (Å²) in [7, 11) is 1.90. The van der Waals surface area contributed by atoms with Crippen molar-refractivity contribution in [3.8, 4) is 17.1 Å². The van der Waals surface area contributed by atoms with Crippen LogP contribution in [0.4, 0.5) is 4.39 Å². The number of benzene rings is 1. The third kappa shape index (κ3) is 3.70. The molecule has 0 radical (unpaired) electrons. The first-order valence-corrected chi connectivity index (χ1v) is 11.3. The van der Waals surface area contributed by atoms with Crippen molar-refractivity contribution in [1.29, 1.82) is 0 Å². The third-order valence-corrected chi connectivity index (χ3v) is 6.41. The fourth-order valence-electron chi connectivity index (χ4n) is 4.85.